The van der Waals surface area contributed by atoms with Gasteiger partial charge in [0.1, 0.15) is 6.54 Å². The number of rotatable bonds is 8. The molecule has 0 atom stereocenters. The summed E-state index contributed by atoms with van der Waals surface area (Å²) in [5, 5.41) is 6.27. The zero-order valence-corrected chi connectivity index (χ0v) is 17.3. The molecule has 0 aromatic carbocycles. The first kappa shape index (κ1) is 22.1. The third kappa shape index (κ3) is 9.06. The zero-order valence-electron chi connectivity index (χ0n) is 14.1. The number of halogens is 1. The number of nitrogens with one attached hydrogen (secondary N) is 1. The Labute approximate surface area is 159 Å². The number of hydrogen-bond acceptors (Lipinski definition) is 5. The van der Waals surface area contributed by atoms with Crippen LogP contribution in [0.2, 0.25) is 0 Å². The van der Waals surface area contributed by atoms with Gasteiger partial charge in [0.25, 0.3) is 0 Å². The average molecular weight is 455 g/mol. The number of methoxy groups -OCH3 is 1. The molecule has 1 aromatic rings. The summed E-state index contributed by atoms with van der Waals surface area (Å²) in [5.41, 5.74) is 0. The lowest BCUT2D eigenvalue weighted by molar-refractivity contribution is -0.127. The van der Waals surface area contributed by atoms with Crippen LogP contribution in [0, 0.1) is 0 Å². The lowest BCUT2D eigenvalue weighted by Gasteiger charge is -2.22. The number of carbonyl (C=O) groups excluding carboxylic acids is 1. The van der Waals surface area contributed by atoms with E-state index in [1.807, 2.05) is 23.5 Å². The summed E-state index contributed by atoms with van der Waals surface area (Å²) in [6, 6.07) is 0. The molecule has 0 aliphatic heterocycles. The Morgan fingerprint density at radius 3 is 2.74 bits per heavy atom. The van der Waals surface area contributed by atoms with E-state index in [0.29, 0.717) is 19.1 Å². The van der Waals surface area contributed by atoms with Crippen LogP contribution in [0.5, 0.6) is 0 Å². The van der Waals surface area contributed by atoms with E-state index in [9.17, 15) is 4.79 Å². The smallest absolute Gasteiger partial charge is 0.243 e. The van der Waals surface area contributed by atoms with Gasteiger partial charge < -0.3 is 19.9 Å². The number of likely N-dealkylation sites (N-methyl/N-ethyl adjacent to an activating group) is 2. The van der Waals surface area contributed by atoms with Crippen molar-refractivity contribution in [2.45, 2.75) is 6.42 Å². The highest BCUT2D eigenvalue weighted by molar-refractivity contribution is 14.0. The monoisotopic (exact) mass is 455 g/mol. The lowest BCUT2D eigenvalue weighted by Crippen LogP contribution is -2.42. The maximum absolute atomic E-state index is 11.7. The normalized spacial score (nSPS) is 10.9. The maximum Gasteiger partial charge on any atom is 0.243 e. The second kappa shape index (κ2) is 12.5. The van der Waals surface area contributed by atoms with Crippen LogP contribution in [-0.4, -0.2) is 81.1 Å². The topological polar surface area (TPSA) is 70.1 Å². The predicted octanol–water partition coefficient (Wildman–Crippen LogP) is 0.916. The summed E-state index contributed by atoms with van der Waals surface area (Å²) < 4.78 is 5.04. The predicted molar refractivity (Wildman–Crippen MR) is 105 cm³/mol. The highest BCUT2D eigenvalue weighted by Gasteiger charge is 2.09. The van der Waals surface area contributed by atoms with Gasteiger partial charge >= 0.3 is 0 Å². The van der Waals surface area contributed by atoms with Gasteiger partial charge in [-0.2, -0.15) is 0 Å². The molecule has 1 amide bonds. The Bertz CT molecular complexity index is 468. The Morgan fingerprint density at radius 2 is 2.17 bits per heavy atom. The van der Waals surface area contributed by atoms with Crippen LogP contribution in [0.3, 0.4) is 0 Å². The molecule has 0 spiro atoms. The van der Waals surface area contributed by atoms with Crippen molar-refractivity contribution in [3.8, 4) is 0 Å². The molecule has 0 aliphatic carbocycles. The van der Waals surface area contributed by atoms with Gasteiger partial charge in [0.2, 0.25) is 5.91 Å². The SMILES string of the molecule is COCCNC(=NCC(=O)N(C)C)N(C)CCc1nccs1.I. The molecule has 1 rings (SSSR count). The van der Waals surface area contributed by atoms with E-state index in [-0.39, 0.29) is 36.4 Å². The molecule has 0 fully saturated rings. The van der Waals surface area contributed by atoms with Crippen molar-refractivity contribution in [1.82, 2.24) is 20.1 Å². The number of ether oxygens (including phenoxy) is 1. The van der Waals surface area contributed by atoms with E-state index in [2.05, 4.69) is 15.3 Å². The highest BCUT2D eigenvalue weighted by atomic mass is 127. The standard InChI is InChI=1S/C14H25N5O2S.HI/c1-18(2)13(20)11-17-14(16-6-9-21-4)19(3)8-5-12-15-7-10-22-12;/h7,10H,5-6,8-9,11H2,1-4H3,(H,16,17);1H. The number of carbonyl (C=O) groups is 1. The zero-order chi connectivity index (χ0) is 16.4. The molecule has 9 heteroatoms. The summed E-state index contributed by atoms with van der Waals surface area (Å²) in [4.78, 5) is 23.9. The van der Waals surface area contributed by atoms with Gasteiger partial charge in [0.15, 0.2) is 5.96 Å². The molecule has 0 aliphatic rings. The first-order valence-corrected chi connectivity index (χ1v) is 7.99. The molecule has 1 aromatic heterocycles. The van der Waals surface area contributed by atoms with Crippen molar-refractivity contribution in [3.05, 3.63) is 16.6 Å². The lowest BCUT2D eigenvalue weighted by atomic mass is 10.4. The molecule has 1 heterocycles. The summed E-state index contributed by atoms with van der Waals surface area (Å²) in [6.45, 7) is 2.14. The Morgan fingerprint density at radius 1 is 1.43 bits per heavy atom. The molecule has 1 N–H and O–H groups in total. The molecule has 0 saturated heterocycles. The number of nitrogens with zero attached hydrogens (tertiary/aromatic N) is 4. The van der Waals surface area contributed by atoms with Crippen LogP contribution in [0.25, 0.3) is 0 Å². The van der Waals surface area contributed by atoms with E-state index in [0.717, 1.165) is 18.0 Å². The van der Waals surface area contributed by atoms with Gasteiger partial charge in [0, 0.05) is 59.3 Å². The molecule has 0 saturated carbocycles. The Balaban J connectivity index is 0.00000484. The van der Waals surface area contributed by atoms with E-state index >= 15 is 0 Å². The molecule has 0 bridgehead atoms. The first-order chi connectivity index (χ1) is 10.5. The fourth-order valence-corrected chi connectivity index (χ4v) is 2.22. The summed E-state index contributed by atoms with van der Waals surface area (Å²) in [6.07, 6.45) is 2.66. The number of aromatic nitrogens is 1. The van der Waals surface area contributed by atoms with Crippen molar-refractivity contribution in [2.24, 2.45) is 4.99 Å². The van der Waals surface area contributed by atoms with Gasteiger partial charge in [-0.3, -0.25) is 4.79 Å². The minimum Gasteiger partial charge on any atom is -0.383 e. The molecule has 0 radical (unpaired) electrons. The molecule has 23 heavy (non-hydrogen) atoms. The molecular weight excluding hydrogens is 429 g/mol. The highest BCUT2D eigenvalue weighted by Crippen LogP contribution is 2.05. The minimum absolute atomic E-state index is 0. The van der Waals surface area contributed by atoms with Crippen molar-refractivity contribution in [1.29, 1.82) is 0 Å². The molecule has 132 valence electrons. The third-order valence-corrected chi connectivity index (χ3v) is 3.80. The van der Waals surface area contributed by atoms with E-state index in [1.54, 1.807) is 32.5 Å². The molecular formula is C14H26IN5O2S. The number of guanidine groups is 1. The number of aliphatic imine (C=N–C) groups is 1. The number of thiazole rings is 1. The van der Waals surface area contributed by atoms with E-state index in [1.165, 1.54) is 4.90 Å². The van der Waals surface area contributed by atoms with Gasteiger partial charge in [-0.05, 0) is 0 Å². The van der Waals surface area contributed by atoms with E-state index in [4.69, 9.17) is 4.74 Å². The van der Waals surface area contributed by atoms with Crippen LogP contribution >= 0.6 is 35.3 Å². The second-order valence-electron chi connectivity index (χ2n) is 4.94. The van der Waals surface area contributed by atoms with Crippen LogP contribution in [0.15, 0.2) is 16.6 Å². The van der Waals surface area contributed by atoms with Gasteiger partial charge in [0.05, 0.1) is 11.6 Å². The fraction of sp³-hybridized carbons (Fsp3) is 0.643. The van der Waals surface area contributed by atoms with Crippen molar-refractivity contribution >= 4 is 47.2 Å². The van der Waals surface area contributed by atoms with Crippen molar-refractivity contribution in [2.75, 3.05) is 54.5 Å². The fourth-order valence-electron chi connectivity index (χ4n) is 1.61. The Hall–Kier alpha value is -0.940. The van der Waals surface area contributed by atoms with Crippen molar-refractivity contribution < 1.29 is 9.53 Å². The average Bonchev–Trinajstić information content (AvgIpc) is 3.01. The summed E-state index contributed by atoms with van der Waals surface area (Å²) in [5.74, 6) is 0.670. The largest absolute Gasteiger partial charge is 0.383 e. The first-order valence-electron chi connectivity index (χ1n) is 7.11. The molecule has 7 nitrogen and oxygen atoms in total. The van der Waals surface area contributed by atoms with Gasteiger partial charge in [-0.1, -0.05) is 0 Å². The van der Waals surface area contributed by atoms with Crippen molar-refractivity contribution in [3.63, 3.8) is 0 Å². The summed E-state index contributed by atoms with van der Waals surface area (Å²) in [7, 11) is 7.05. The van der Waals surface area contributed by atoms with E-state index < -0.39 is 0 Å². The van der Waals surface area contributed by atoms with Gasteiger partial charge in [-0.25, -0.2) is 9.98 Å². The number of hydrogen-bond donors (Lipinski definition) is 1. The van der Waals surface area contributed by atoms with Crippen LogP contribution < -0.4 is 5.32 Å². The van der Waals surface area contributed by atoms with Crippen LogP contribution in [0.4, 0.5) is 0 Å². The summed E-state index contributed by atoms with van der Waals surface area (Å²) >= 11 is 1.64. The minimum atomic E-state index is -0.0284. The maximum atomic E-state index is 11.7. The van der Waals surface area contributed by atoms with Crippen LogP contribution in [0.1, 0.15) is 5.01 Å². The van der Waals surface area contributed by atoms with Crippen LogP contribution in [-0.2, 0) is 16.0 Å². The number of amides is 1. The second-order valence-corrected chi connectivity index (χ2v) is 5.92. The van der Waals surface area contributed by atoms with Gasteiger partial charge in [-0.15, -0.1) is 35.3 Å². The third-order valence-electron chi connectivity index (χ3n) is 2.96. The Kier molecular flexibility index (Phi) is 12.0. The molecule has 0 unspecified atom stereocenters. The quantitative estimate of drug-likeness (QED) is 0.273.